The molecule has 252 valence electrons. The van der Waals surface area contributed by atoms with Gasteiger partial charge in [0.15, 0.2) is 11.6 Å². The molecule has 9 rings (SSSR count). The molecule has 0 atom stereocenters. The minimum atomic E-state index is -0.416. The SMILES string of the molecule is Fc1ccnc(-c2cc(F)ccn2)c1.c1ccc(-c2ccccn2)nc1.c1cnc(-c2ncccn2)nc1.c1cnc2c(c1)ccc1cccnc12. The lowest BCUT2D eigenvalue weighted by molar-refractivity contribution is 0.623. The van der Waals surface area contributed by atoms with Crippen LogP contribution in [0.5, 0.6) is 0 Å². The zero-order chi connectivity index (χ0) is 35.8. The molecule has 10 nitrogen and oxygen atoms in total. The van der Waals surface area contributed by atoms with Crippen LogP contribution in [0.25, 0.3) is 56.2 Å². The van der Waals surface area contributed by atoms with Gasteiger partial charge in [0.1, 0.15) is 11.6 Å². The summed E-state index contributed by atoms with van der Waals surface area (Å²) in [5.74, 6) is 0.276. The molecule has 8 heterocycles. The van der Waals surface area contributed by atoms with E-state index in [-0.39, 0.29) is 0 Å². The van der Waals surface area contributed by atoms with Gasteiger partial charge in [0.05, 0.1) is 33.8 Å². The maximum absolute atomic E-state index is 12.8. The van der Waals surface area contributed by atoms with Crippen molar-refractivity contribution in [3.63, 3.8) is 0 Å². The first-order valence-electron chi connectivity index (χ1n) is 15.8. The van der Waals surface area contributed by atoms with E-state index in [9.17, 15) is 8.78 Å². The van der Waals surface area contributed by atoms with Crippen molar-refractivity contribution in [2.75, 3.05) is 0 Å². The number of pyridine rings is 6. The standard InChI is InChI=1S/C12H8N2.C10H6F2N2.C10H8N2.C8H6N4/c1-3-9-5-6-10-4-2-8-14-12(10)11(9)13-7-1;11-7-1-3-13-9(5-7)10-6-8(12)2-4-14-10;1-3-7-11-9(5-1)10-6-2-4-8-12-10;1-3-9-7(10-4-1)8-11-5-2-6-12-8/h1-8H;1-6H;1-8H;1-6H. The van der Waals surface area contributed by atoms with E-state index < -0.39 is 11.6 Å². The van der Waals surface area contributed by atoms with E-state index in [1.165, 1.54) is 36.7 Å². The molecule has 0 aliphatic carbocycles. The van der Waals surface area contributed by atoms with Crippen LogP contribution in [-0.2, 0) is 0 Å². The van der Waals surface area contributed by atoms with E-state index in [1.807, 2.05) is 48.5 Å². The Hall–Kier alpha value is -7.34. The summed E-state index contributed by atoms with van der Waals surface area (Å²) in [5, 5.41) is 2.28. The van der Waals surface area contributed by atoms with Gasteiger partial charge in [-0.2, -0.15) is 0 Å². The number of nitrogens with zero attached hydrogens (tertiary/aromatic N) is 10. The van der Waals surface area contributed by atoms with Gasteiger partial charge in [0.2, 0.25) is 0 Å². The third-order valence-electron chi connectivity index (χ3n) is 6.97. The van der Waals surface area contributed by atoms with Crippen molar-refractivity contribution in [2.45, 2.75) is 0 Å². The number of halogens is 2. The van der Waals surface area contributed by atoms with Crippen LogP contribution in [0, 0.1) is 11.6 Å². The van der Waals surface area contributed by atoms with Crippen molar-refractivity contribution >= 4 is 21.8 Å². The predicted octanol–water partition coefficient (Wildman–Crippen LogP) is 8.28. The van der Waals surface area contributed by atoms with Crippen LogP contribution < -0.4 is 0 Å². The number of benzene rings is 1. The maximum atomic E-state index is 12.8. The number of fused-ring (bicyclic) bond motifs is 3. The molecule has 0 fully saturated rings. The lowest BCUT2D eigenvalue weighted by Crippen LogP contribution is -1.91. The lowest BCUT2D eigenvalue weighted by Gasteiger charge is -2.00. The van der Waals surface area contributed by atoms with Crippen LogP contribution in [0.2, 0.25) is 0 Å². The summed E-state index contributed by atoms with van der Waals surface area (Å²) in [6.07, 6.45) is 16.4. The Bertz CT molecular complexity index is 2190. The molecule has 0 saturated carbocycles. The van der Waals surface area contributed by atoms with Gasteiger partial charge in [0.25, 0.3) is 0 Å². The average molecular weight is 687 g/mol. The Morgan fingerprint density at radius 1 is 0.288 bits per heavy atom. The van der Waals surface area contributed by atoms with Crippen LogP contribution in [0.3, 0.4) is 0 Å². The highest BCUT2D eigenvalue weighted by atomic mass is 19.1. The number of hydrogen-bond acceptors (Lipinski definition) is 10. The van der Waals surface area contributed by atoms with E-state index in [4.69, 9.17) is 0 Å². The minimum absolute atomic E-state index is 0.324. The summed E-state index contributed by atoms with van der Waals surface area (Å²) in [6.45, 7) is 0. The molecule has 8 aromatic heterocycles. The van der Waals surface area contributed by atoms with Crippen LogP contribution in [-0.4, -0.2) is 49.8 Å². The largest absolute Gasteiger partial charge is 0.255 e. The first-order valence-corrected chi connectivity index (χ1v) is 15.8. The van der Waals surface area contributed by atoms with E-state index in [0.29, 0.717) is 23.0 Å². The van der Waals surface area contributed by atoms with Crippen molar-refractivity contribution < 1.29 is 8.78 Å². The zero-order valence-corrected chi connectivity index (χ0v) is 27.4. The fourth-order valence-corrected chi connectivity index (χ4v) is 4.63. The number of aromatic nitrogens is 10. The van der Waals surface area contributed by atoms with Crippen LogP contribution in [0.1, 0.15) is 0 Å². The lowest BCUT2D eigenvalue weighted by atomic mass is 10.1. The zero-order valence-electron chi connectivity index (χ0n) is 27.4. The van der Waals surface area contributed by atoms with Crippen molar-refractivity contribution in [2.24, 2.45) is 0 Å². The first-order chi connectivity index (χ1) is 25.6. The molecule has 9 aromatic rings. The van der Waals surface area contributed by atoms with Crippen molar-refractivity contribution in [1.82, 2.24) is 49.8 Å². The maximum Gasteiger partial charge on any atom is 0.197 e. The Morgan fingerprint density at radius 2 is 0.673 bits per heavy atom. The van der Waals surface area contributed by atoms with Gasteiger partial charge in [-0.25, -0.2) is 28.7 Å². The Morgan fingerprint density at radius 3 is 1.06 bits per heavy atom. The number of hydrogen-bond donors (Lipinski definition) is 0. The highest BCUT2D eigenvalue weighted by molar-refractivity contribution is 6.02. The summed E-state index contributed by atoms with van der Waals surface area (Å²) in [5.41, 5.74) is 4.43. The third-order valence-corrected chi connectivity index (χ3v) is 6.97. The van der Waals surface area contributed by atoms with Gasteiger partial charge >= 0.3 is 0 Å². The molecule has 1 aromatic carbocycles. The molecule has 0 N–H and O–H groups in total. The molecule has 0 amide bonds. The minimum Gasteiger partial charge on any atom is -0.255 e. The van der Waals surface area contributed by atoms with Crippen LogP contribution in [0.4, 0.5) is 8.78 Å². The summed E-state index contributed by atoms with van der Waals surface area (Å²) >= 11 is 0. The molecule has 0 bridgehead atoms. The molecule has 0 aliphatic rings. The summed E-state index contributed by atoms with van der Waals surface area (Å²) in [4.78, 5) is 40.9. The fraction of sp³-hybridized carbons (Fsp3) is 0. The van der Waals surface area contributed by atoms with Gasteiger partial charge in [-0.3, -0.25) is 29.9 Å². The molecule has 12 heteroatoms. The normalized spacial score (nSPS) is 10.1. The second-order valence-corrected chi connectivity index (χ2v) is 10.5. The Balaban J connectivity index is 0.000000119. The fourth-order valence-electron chi connectivity index (χ4n) is 4.63. The van der Waals surface area contributed by atoms with Gasteiger partial charge < -0.3 is 0 Å². The monoisotopic (exact) mass is 686 g/mol. The Labute approximate surface area is 297 Å². The molecule has 0 unspecified atom stereocenters. The van der Waals surface area contributed by atoms with E-state index in [1.54, 1.807) is 61.7 Å². The van der Waals surface area contributed by atoms with E-state index >= 15 is 0 Å². The molecule has 0 aliphatic heterocycles. The molecule has 0 spiro atoms. The Kier molecular flexibility index (Phi) is 11.9. The summed E-state index contributed by atoms with van der Waals surface area (Å²) in [7, 11) is 0. The summed E-state index contributed by atoms with van der Waals surface area (Å²) in [6, 6.07) is 32.1. The van der Waals surface area contributed by atoms with Gasteiger partial charge in [-0.05, 0) is 60.7 Å². The van der Waals surface area contributed by atoms with E-state index in [2.05, 4.69) is 74.1 Å². The molecule has 0 saturated heterocycles. The smallest absolute Gasteiger partial charge is 0.197 e. The van der Waals surface area contributed by atoms with Crippen molar-refractivity contribution in [3.05, 3.63) is 183 Å². The van der Waals surface area contributed by atoms with E-state index in [0.717, 1.165) is 33.2 Å². The average Bonchev–Trinajstić information content (AvgIpc) is 3.23. The van der Waals surface area contributed by atoms with Gasteiger partial charge in [-0.1, -0.05) is 36.4 Å². The first kappa shape index (κ1) is 34.5. The van der Waals surface area contributed by atoms with Crippen LogP contribution >= 0.6 is 0 Å². The predicted molar refractivity (Wildman–Crippen MR) is 195 cm³/mol. The highest BCUT2D eigenvalue weighted by Gasteiger charge is 2.03. The summed E-state index contributed by atoms with van der Waals surface area (Å²) < 4.78 is 25.6. The van der Waals surface area contributed by atoms with Crippen molar-refractivity contribution in [1.29, 1.82) is 0 Å². The quantitative estimate of drug-likeness (QED) is 0.167. The molecular weight excluding hydrogens is 659 g/mol. The van der Waals surface area contributed by atoms with Crippen LogP contribution in [0.15, 0.2) is 171 Å². The topological polar surface area (TPSA) is 129 Å². The second kappa shape index (κ2) is 17.9. The van der Waals surface area contributed by atoms with Gasteiger partial charge in [-0.15, -0.1) is 0 Å². The third kappa shape index (κ3) is 9.64. The highest BCUT2D eigenvalue weighted by Crippen LogP contribution is 2.20. The van der Waals surface area contributed by atoms with Crippen molar-refractivity contribution in [3.8, 4) is 34.4 Å². The second-order valence-electron chi connectivity index (χ2n) is 10.5. The molecular formula is C40H28F2N10. The van der Waals surface area contributed by atoms with Gasteiger partial charge in [0, 0.05) is 84.9 Å². The number of rotatable bonds is 3. The molecule has 0 radical (unpaired) electrons. The molecule has 52 heavy (non-hydrogen) atoms.